The Morgan fingerprint density at radius 1 is 1.27 bits per heavy atom. The van der Waals surface area contributed by atoms with Crippen molar-refractivity contribution in [3.8, 4) is 5.75 Å². The molecule has 0 aliphatic heterocycles. The highest BCUT2D eigenvalue weighted by atomic mass is 16.6. The molecule has 0 heterocycles. The molecule has 0 aliphatic rings. The highest BCUT2D eigenvalue weighted by Gasteiger charge is 2.17. The number of carbonyl (C=O) groups excluding carboxylic acids is 1. The number of hydrogen-bond donors (Lipinski definition) is 3. The second kappa shape index (κ2) is 10.5. The minimum absolute atomic E-state index is 0.117. The number of rotatable bonds is 8. The Morgan fingerprint density at radius 2 is 1.92 bits per heavy atom. The zero-order valence-electron chi connectivity index (χ0n) is 16.5. The molecule has 1 unspecified atom stereocenters. The van der Waals surface area contributed by atoms with Gasteiger partial charge in [0.05, 0.1) is 13.2 Å². The van der Waals surface area contributed by atoms with Crippen LogP contribution in [0.4, 0.5) is 10.5 Å². The van der Waals surface area contributed by atoms with Crippen LogP contribution in [0.25, 0.3) is 0 Å². The fourth-order valence-electron chi connectivity index (χ4n) is 2.22. The van der Waals surface area contributed by atoms with Crippen molar-refractivity contribution in [3.05, 3.63) is 24.3 Å². The number of carbonyl (C=O) groups is 1. The molecule has 1 aromatic rings. The van der Waals surface area contributed by atoms with Crippen molar-refractivity contribution in [2.24, 2.45) is 10.7 Å². The van der Waals surface area contributed by atoms with Gasteiger partial charge < -0.3 is 25.8 Å². The van der Waals surface area contributed by atoms with Crippen molar-refractivity contribution < 1.29 is 14.3 Å². The third kappa shape index (κ3) is 9.15. The molecular weight excluding hydrogens is 332 g/mol. The van der Waals surface area contributed by atoms with Gasteiger partial charge in [-0.05, 0) is 51.5 Å². The van der Waals surface area contributed by atoms with E-state index in [2.05, 4.69) is 22.5 Å². The second-order valence-electron chi connectivity index (χ2n) is 7.05. The maximum absolute atomic E-state index is 11.8. The number of methoxy groups -OCH3 is 1. The number of aliphatic imine (C=N–C) groups is 1. The first-order valence-corrected chi connectivity index (χ1v) is 8.94. The zero-order valence-corrected chi connectivity index (χ0v) is 16.5. The van der Waals surface area contributed by atoms with E-state index in [1.807, 2.05) is 45.0 Å². The van der Waals surface area contributed by atoms with Gasteiger partial charge in [-0.15, -0.1) is 0 Å². The minimum Gasteiger partial charge on any atom is -0.497 e. The summed E-state index contributed by atoms with van der Waals surface area (Å²) in [4.78, 5) is 16.3. The molecule has 0 bridgehead atoms. The van der Waals surface area contributed by atoms with Crippen LogP contribution in [-0.2, 0) is 4.74 Å². The quantitative estimate of drug-likeness (QED) is 0.484. The number of ether oxygens (including phenoxy) is 2. The van der Waals surface area contributed by atoms with E-state index in [4.69, 9.17) is 15.2 Å². The third-order valence-corrected chi connectivity index (χ3v) is 3.46. The summed E-state index contributed by atoms with van der Waals surface area (Å²) in [5.41, 5.74) is 6.31. The Kier molecular flexibility index (Phi) is 8.75. The summed E-state index contributed by atoms with van der Waals surface area (Å²) < 4.78 is 10.4. The topological polar surface area (TPSA) is 98.0 Å². The van der Waals surface area contributed by atoms with Gasteiger partial charge in [-0.2, -0.15) is 0 Å². The molecule has 1 aromatic carbocycles. The van der Waals surface area contributed by atoms with E-state index in [9.17, 15) is 4.79 Å². The Bertz CT molecular complexity index is 579. The van der Waals surface area contributed by atoms with Crippen LogP contribution in [-0.4, -0.2) is 37.4 Å². The SMILES string of the molecule is CCCCC(CNC(=O)OC(C)(C)C)N=C(N)Nc1ccc(OC)cc1. The van der Waals surface area contributed by atoms with E-state index < -0.39 is 11.7 Å². The van der Waals surface area contributed by atoms with Crippen LogP contribution in [0.5, 0.6) is 5.75 Å². The predicted molar refractivity (Wildman–Crippen MR) is 106 cm³/mol. The number of benzene rings is 1. The largest absolute Gasteiger partial charge is 0.497 e. The lowest BCUT2D eigenvalue weighted by Crippen LogP contribution is -2.37. The van der Waals surface area contributed by atoms with Gasteiger partial charge >= 0.3 is 6.09 Å². The lowest BCUT2D eigenvalue weighted by molar-refractivity contribution is 0.0524. The average molecular weight is 364 g/mol. The lowest BCUT2D eigenvalue weighted by atomic mass is 10.1. The number of hydrogen-bond acceptors (Lipinski definition) is 4. The second-order valence-corrected chi connectivity index (χ2v) is 7.05. The minimum atomic E-state index is -0.527. The van der Waals surface area contributed by atoms with Gasteiger partial charge in [0.2, 0.25) is 0 Å². The van der Waals surface area contributed by atoms with Gasteiger partial charge in [0, 0.05) is 12.2 Å². The summed E-state index contributed by atoms with van der Waals surface area (Å²) in [5, 5.41) is 5.82. The van der Waals surface area contributed by atoms with Gasteiger partial charge in [-0.25, -0.2) is 9.79 Å². The van der Waals surface area contributed by atoms with Gasteiger partial charge in [-0.1, -0.05) is 19.8 Å². The molecule has 7 heteroatoms. The molecule has 1 amide bonds. The summed E-state index contributed by atoms with van der Waals surface area (Å²) in [6.07, 6.45) is 2.43. The normalized spacial score (nSPS) is 13.0. The average Bonchev–Trinajstić information content (AvgIpc) is 2.56. The van der Waals surface area contributed by atoms with E-state index in [0.717, 1.165) is 30.7 Å². The van der Waals surface area contributed by atoms with Gasteiger partial charge in [0.25, 0.3) is 0 Å². The van der Waals surface area contributed by atoms with Crippen LogP contribution in [0.15, 0.2) is 29.3 Å². The van der Waals surface area contributed by atoms with Crippen LogP contribution in [0.2, 0.25) is 0 Å². The molecule has 146 valence electrons. The summed E-state index contributed by atoms with van der Waals surface area (Å²) >= 11 is 0. The molecule has 26 heavy (non-hydrogen) atoms. The van der Waals surface area contributed by atoms with E-state index in [-0.39, 0.29) is 6.04 Å². The van der Waals surface area contributed by atoms with Gasteiger partial charge in [0.15, 0.2) is 5.96 Å². The Morgan fingerprint density at radius 3 is 2.46 bits per heavy atom. The molecule has 0 fully saturated rings. The van der Waals surface area contributed by atoms with Crippen molar-refractivity contribution in [1.29, 1.82) is 0 Å². The Labute approximate surface area is 156 Å². The maximum atomic E-state index is 11.8. The van der Waals surface area contributed by atoms with Crippen LogP contribution in [0.3, 0.4) is 0 Å². The summed E-state index contributed by atoms with van der Waals surface area (Å²) in [6.45, 7) is 7.98. The number of unbranched alkanes of at least 4 members (excludes halogenated alkanes) is 1. The molecule has 0 radical (unpaired) electrons. The van der Waals surface area contributed by atoms with Crippen molar-refractivity contribution in [2.45, 2.75) is 58.6 Å². The fourth-order valence-corrected chi connectivity index (χ4v) is 2.22. The molecule has 0 saturated heterocycles. The molecular formula is C19H32N4O3. The maximum Gasteiger partial charge on any atom is 0.407 e. The third-order valence-electron chi connectivity index (χ3n) is 3.46. The van der Waals surface area contributed by atoms with Crippen molar-refractivity contribution in [1.82, 2.24) is 5.32 Å². The van der Waals surface area contributed by atoms with E-state index >= 15 is 0 Å². The molecule has 1 atom stereocenters. The number of anilines is 1. The number of amides is 1. The number of alkyl carbamates (subject to hydrolysis) is 1. The fraction of sp³-hybridized carbons (Fsp3) is 0.579. The predicted octanol–water partition coefficient (Wildman–Crippen LogP) is 3.51. The summed E-state index contributed by atoms with van der Waals surface area (Å²) in [6, 6.07) is 7.29. The molecule has 0 spiro atoms. The summed E-state index contributed by atoms with van der Waals surface area (Å²) in [5.74, 6) is 1.08. The molecule has 0 saturated carbocycles. The number of nitrogens with zero attached hydrogens (tertiary/aromatic N) is 1. The van der Waals surface area contributed by atoms with E-state index in [1.165, 1.54) is 0 Å². The number of nitrogens with one attached hydrogen (secondary N) is 2. The molecule has 0 aromatic heterocycles. The Hall–Kier alpha value is -2.44. The first-order chi connectivity index (χ1) is 12.2. The molecule has 0 aliphatic carbocycles. The first-order valence-electron chi connectivity index (χ1n) is 8.94. The summed E-state index contributed by atoms with van der Waals surface area (Å²) in [7, 11) is 1.62. The Balaban J connectivity index is 2.64. The smallest absolute Gasteiger partial charge is 0.407 e. The molecule has 1 rings (SSSR count). The molecule has 4 N–H and O–H groups in total. The van der Waals surface area contributed by atoms with Crippen LogP contribution in [0.1, 0.15) is 47.0 Å². The monoisotopic (exact) mass is 364 g/mol. The van der Waals surface area contributed by atoms with Crippen LogP contribution >= 0.6 is 0 Å². The number of nitrogens with two attached hydrogens (primary N) is 1. The van der Waals surface area contributed by atoms with Gasteiger partial charge in [-0.3, -0.25) is 0 Å². The van der Waals surface area contributed by atoms with E-state index in [0.29, 0.717) is 12.5 Å². The molecule has 7 nitrogen and oxygen atoms in total. The zero-order chi connectivity index (χ0) is 19.6. The van der Waals surface area contributed by atoms with Crippen molar-refractivity contribution >= 4 is 17.7 Å². The highest BCUT2D eigenvalue weighted by Crippen LogP contribution is 2.15. The number of guanidine groups is 1. The van der Waals surface area contributed by atoms with Crippen LogP contribution < -0.4 is 21.1 Å². The lowest BCUT2D eigenvalue weighted by Gasteiger charge is -2.21. The first kappa shape index (κ1) is 21.6. The van der Waals surface area contributed by atoms with Gasteiger partial charge in [0.1, 0.15) is 11.4 Å². The van der Waals surface area contributed by atoms with E-state index in [1.54, 1.807) is 7.11 Å². The standard InChI is InChI=1S/C19H32N4O3/c1-6-7-8-15(13-21-18(24)26-19(2,3)4)23-17(20)22-14-9-11-16(25-5)12-10-14/h9-12,15H,6-8,13H2,1-5H3,(H,21,24)(H3,20,22,23). The highest BCUT2D eigenvalue weighted by molar-refractivity contribution is 5.92. The van der Waals surface area contributed by atoms with Crippen molar-refractivity contribution in [2.75, 3.05) is 19.0 Å². The van der Waals surface area contributed by atoms with Crippen LogP contribution in [0, 0.1) is 0 Å². The van der Waals surface area contributed by atoms with Crippen molar-refractivity contribution in [3.63, 3.8) is 0 Å².